The number of ether oxygens (including phenoxy) is 1. The fourth-order valence-electron chi connectivity index (χ4n) is 1.12. The van der Waals surface area contributed by atoms with Crippen LogP contribution >= 0.6 is 11.6 Å². The second-order valence-electron chi connectivity index (χ2n) is 3.88. The van der Waals surface area contributed by atoms with Crippen LogP contribution in [-0.4, -0.2) is 12.6 Å². The van der Waals surface area contributed by atoms with Crippen molar-refractivity contribution >= 4 is 17.6 Å². The van der Waals surface area contributed by atoms with Crippen molar-refractivity contribution in [2.24, 2.45) is 5.92 Å². The molecule has 0 saturated carbocycles. The molecule has 2 nitrogen and oxygen atoms in total. The maximum absolute atomic E-state index is 11.4. The average Bonchev–Trinajstić information content (AvgIpc) is 2.15. The van der Waals surface area contributed by atoms with E-state index in [-0.39, 0.29) is 12.4 Å². The fraction of sp³-hybridized carbons (Fsp3) is 0.417. The molecule has 0 aliphatic rings. The van der Waals surface area contributed by atoms with Gasteiger partial charge in [0.2, 0.25) is 0 Å². The van der Waals surface area contributed by atoms with E-state index in [1.807, 2.05) is 26.0 Å². The van der Waals surface area contributed by atoms with Crippen LogP contribution in [0.3, 0.4) is 0 Å². The van der Waals surface area contributed by atoms with Crippen molar-refractivity contribution in [3.05, 3.63) is 34.9 Å². The summed E-state index contributed by atoms with van der Waals surface area (Å²) in [5, 5.41) is 0.643. The van der Waals surface area contributed by atoms with Gasteiger partial charge in [-0.15, -0.1) is 0 Å². The highest BCUT2D eigenvalue weighted by Gasteiger charge is 2.05. The molecule has 0 amide bonds. The minimum Gasteiger partial charge on any atom is -0.465 e. The van der Waals surface area contributed by atoms with E-state index >= 15 is 0 Å². The van der Waals surface area contributed by atoms with Crippen molar-refractivity contribution < 1.29 is 9.53 Å². The van der Waals surface area contributed by atoms with Gasteiger partial charge in [-0.3, -0.25) is 4.79 Å². The molecular weight excluding hydrogens is 212 g/mol. The Morgan fingerprint density at radius 3 is 2.80 bits per heavy atom. The van der Waals surface area contributed by atoms with Crippen LogP contribution in [0.4, 0.5) is 0 Å². The lowest BCUT2D eigenvalue weighted by Crippen LogP contribution is -2.12. The number of halogens is 1. The van der Waals surface area contributed by atoms with Gasteiger partial charge in [0, 0.05) is 5.02 Å². The summed E-state index contributed by atoms with van der Waals surface area (Å²) in [6.07, 6.45) is 0.285. The lowest BCUT2D eigenvalue weighted by Gasteiger charge is -2.07. The van der Waals surface area contributed by atoms with Crippen molar-refractivity contribution in [1.82, 2.24) is 0 Å². The van der Waals surface area contributed by atoms with Crippen molar-refractivity contribution in [1.29, 1.82) is 0 Å². The molecule has 0 aliphatic carbocycles. The number of rotatable bonds is 4. The molecule has 1 aromatic rings. The molecule has 0 aromatic heterocycles. The van der Waals surface area contributed by atoms with E-state index in [9.17, 15) is 4.79 Å². The van der Waals surface area contributed by atoms with E-state index in [0.29, 0.717) is 17.5 Å². The second-order valence-corrected chi connectivity index (χ2v) is 4.32. The summed E-state index contributed by atoms with van der Waals surface area (Å²) in [4.78, 5) is 11.4. The monoisotopic (exact) mass is 226 g/mol. The molecule has 0 bridgehead atoms. The van der Waals surface area contributed by atoms with Gasteiger partial charge < -0.3 is 4.74 Å². The molecule has 1 rings (SSSR count). The Labute approximate surface area is 95.2 Å². The summed E-state index contributed by atoms with van der Waals surface area (Å²) in [7, 11) is 0. The first-order valence-electron chi connectivity index (χ1n) is 4.98. The van der Waals surface area contributed by atoms with Crippen LogP contribution in [0.1, 0.15) is 19.4 Å². The first kappa shape index (κ1) is 12.1. The molecule has 0 spiro atoms. The van der Waals surface area contributed by atoms with Crippen LogP contribution < -0.4 is 0 Å². The number of hydrogen-bond acceptors (Lipinski definition) is 2. The van der Waals surface area contributed by atoms with Crippen molar-refractivity contribution in [3.8, 4) is 0 Å². The summed E-state index contributed by atoms with van der Waals surface area (Å²) < 4.78 is 5.07. The normalized spacial score (nSPS) is 10.4. The first-order valence-corrected chi connectivity index (χ1v) is 5.36. The molecule has 0 heterocycles. The summed E-state index contributed by atoms with van der Waals surface area (Å²) in [6.45, 7) is 4.48. The average molecular weight is 227 g/mol. The summed E-state index contributed by atoms with van der Waals surface area (Å²) in [6, 6.07) is 7.25. The Bertz CT molecular complexity index is 334. The molecule has 0 atom stereocenters. The van der Waals surface area contributed by atoms with E-state index < -0.39 is 0 Å². The highest BCUT2D eigenvalue weighted by atomic mass is 35.5. The maximum atomic E-state index is 11.4. The van der Waals surface area contributed by atoms with Crippen LogP contribution in [-0.2, 0) is 16.0 Å². The minimum absolute atomic E-state index is 0.203. The molecule has 0 N–H and O–H groups in total. The first-order chi connectivity index (χ1) is 7.08. The number of carbonyl (C=O) groups excluding carboxylic acids is 1. The van der Waals surface area contributed by atoms with Crippen LogP contribution in [0.5, 0.6) is 0 Å². The van der Waals surface area contributed by atoms with Crippen LogP contribution in [0.2, 0.25) is 5.02 Å². The molecule has 0 fully saturated rings. The van der Waals surface area contributed by atoms with Gasteiger partial charge in [-0.2, -0.15) is 0 Å². The largest absolute Gasteiger partial charge is 0.465 e. The Morgan fingerprint density at radius 1 is 1.47 bits per heavy atom. The van der Waals surface area contributed by atoms with Crippen molar-refractivity contribution in [2.75, 3.05) is 6.61 Å². The highest BCUT2D eigenvalue weighted by molar-refractivity contribution is 6.30. The van der Waals surface area contributed by atoms with Gasteiger partial charge in [0.1, 0.15) is 0 Å². The van der Waals surface area contributed by atoms with Gasteiger partial charge in [-0.05, 0) is 23.6 Å². The SMILES string of the molecule is CC(C)COC(=O)Cc1cccc(Cl)c1. The van der Waals surface area contributed by atoms with E-state index in [2.05, 4.69) is 0 Å². The zero-order chi connectivity index (χ0) is 11.3. The fourth-order valence-corrected chi connectivity index (χ4v) is 1.34. The van der Waals surface area contributed by atoms with Gasteiger partial charge in [0.05, 0.1) is 13.0 Å². The van der Waals surface area contributed by atoms with Crippen LogP contribution in [0.15, 0.2) is 24.3 Å². The van der Waals surface area contributed by atoms with Gasteiger partial charge >= 0.3 is 5.97 Å². The molecule has 0 radical (unpaired) electrons. The third kappa shape index (κ3) is 4.84. The van der Waals surface area contributed by atoms with Crippen molar-refractivity contribution in [2.45, 2.75) is 20.3 Å². The summed E-state index contributed by atoms with van der Waals surface area (Å²) in [5.74, 6) is 0.166. The van der Waals surface area contributed by atoms with Gasteiger partial charge in [-0.1, -0.05) is 37.6 Å². The second kappa shape index (κ2) is 5.76. The molecule has 1 aromatic carbocycles. The zero-order valence-corrected chi connectivity index (χ0v) is 9.75. The molecule has 0 unspecified atom stereocenters. The molecule has 82 valence electrons. The van der Waals surface area contributed by atoms with Crippen LogP contribution in [0, 0.1) is 5.92 Å². The Balaban J connectivity index is 2.44. The van der Waals surface area contributed by atoms with Gasteiger partial charge in [0.25, 0.3) is 0 Å². The summed E-state index contributed by atoms with van der Waals surface area (Å²) >= 11 is 5.80. The molecule has 3 heteroatoms. The zero-order valence-electron chi connectivity index (χ0n) is 9.00. The molecule has 0 aliphatic heterocycles. The summed E-state index contributed by atoms with van der Waals surface area (Å²) in [5.41, 5.74) is 0.885. The molecular formula is C12H15ClO2. The lowest BCUT2D eigenvalue weighted by atomic mass is 10.1. The Morgan fingerprint density at radius 2 is 2.20 bits per heavy atom. The van der Waals surface area contributed by atoms with E-state index in [1.54, 1.807) is 12.1 Å². The highest BCUT2D eigenvalue weighted by Crippen LogP contribution is 2.11. The van der Waals surface area contributed by atoms with E-state index in [1.165, 1.54) is 0 Å². The smallest absolute Gasteiger partial charge is 0.310 e. The van der Waals surface area contributed by atoms with Crippen LogP contribution in [0.25, 0.3) is 0 Å². The predicted octanol–water partition coefficient (Wildman–Crippen LogP) is 3.08. The maximum Gasteiger partial charge on any atom is 0.310 e. The van der Waals surface area contributed by atoms with Crippen molar-refractivity contribution in [3.63, 3.8) is 0 Å². The standard InChI is InChI=1S/C12H15ClO2/c1-9(2)8-15-12(14)7-10-4-3-5-11(13)6-10/h3-6,9H,7-8H2,1-2H3. The van der Waals surface area contributed by atoms with Gasteiger partial charge in [0.15, 0.2) is 0 Å². The number of esters is 1. The number of hydrogen-bond donors (Lipinski definition) is 0. The Hall–Kier alpha value is -1.02. The lowest BCUT2D eigenvalue weighted by molar-refractivity contribution is -0.143. The van der Waals surface area contributed by atoms with E-state index in [0.717, 1.165) is 5.56 Å². The predicted molar refractivity (Wildman–Crippen MR) is 61.0 cm³/mol. The molecule has 15 heavy (non-hydrogen) atoms. The number of carbonyl (C=O) groups is 1. The topological polar surface area (TPSA) is 26.3 Å². The van der Waals surface area contributed by atoms with Gasteiger partial charge in [-0.25, -0.2) is 0 Å². The van der Waals surface area contributed by atoms with E-state index in [4.69, 9.17) is 16.3 Å². The number of benzene rings is 1. The third-order valence-electron chi connectivity index (χ3n) is 1.82. The third-order valence-corrected chi connectivity index (χ3v) is 2.05. The Kier molecular flexibility index (Phi) is 4.63. The molecule has 0 saturated heterocycles. The quantitative estimate of drug-likeness (QED) is 0.738. The minimum atomic E-state index is -0.203.